The summed E-state index contributed by atoms with van der Waals surface area (Å²) in [6.45, 7) is 4.85. The molecule has 6 nitrogen and oxygen atoms in total. The topological polar surface area (TPSA) is 70.1 Å². The third-order valence-electron chi connectivity index (χ3n) is 5.72. The molecule has 1 spiro atoms. The minimum absolute atomic E-state index is 0.0768. The predicted molar refractivity (Wildman–Crippen MR) is 101 cm³/mol. The Morgan fingerprint density at radius 1 is 1.19 bits per heavy atom. The number of unbranched alkanes of at least 4 members (excludes halogenated alkanes) is 1. The number of rotatable bonds is 7. The first-order valence-electron chi connectivity index (χ1n) is 9.86. The number of nitrogens with zero attached hydrogens (tertiary/aromatic N) is 2. The molecule has 2 aliphatic heterocycles. The molecule has 0 aromatic rings. The van der Waals surface area contributed by atoms with Gasteiger partial charge < -0.3 is 19.6 Å². The SMILES string of the molecule is CC=CCCCC(=O)N1CC[C@@H](O)[C@]2(CCCN(C(=O)CCOC)C2)C1. The van der Waals surface area contributed by atoms with Crippen molar-refractivity contribution in [3.8, 4) is 0 Å². The zero-order valence-electron chi connectivity index (χ0n) is 16.3. The highest BCUT2D eigenvalue weighted by Crippen LogP contribution is 2.39. The van der Waals surface area contributed by atoms with Crippen LogP contribution >= 0.6 is 0 Å². The molecule has 2 atom stereocenters. The van der Waals surface area contributed by atoms with Crippen molar-refractivity contribution in [3.63, 3.8) is 0 Å². The van der Waals surface area contributed by atoms with E-state index in [-0.39, 0.29) is 17.2 Å². The molecule has 2 fully saturated rings. The summed E-state index contributed by atoms with van der Waals surface area (Å²) < 4.78 is 5.01. The summed E-state index contributed by atoms with van der Waals surface area (Å²) in [6.07, 6.45) is 8.68. The zero-order valence-corrected chi connectivity index (χ0v) is 16.3. The van der Waals surface area contributed by atoms with Crippen molar-refractivity contribution < 1.29 is 19.4 Å². The molecule has 0 bridgehead atoms. The van der Waals surface area contributed by atoms with E-state index >= 15 is 0 Å². The summed E-state index contributed by atoms with van der Waals surface area (Å²) in [5, 5.41) is 10.7. The lowest BCUT2D eigenvalue weighted by molar-refractivity contribution is -0.149. The van der Waals surface area contributed by atoms with E-state index in [1.807, 2.05) is 22.8 Å². The number of methoxy groups -OCH3 is 1. The molecule has 2 aliphatic rings. The van der Waals surface area contributed by atoms with E-state index in [4.69, 9.17) is 4.74 Å². The standard InChI is InChI=1S/C20H34N2O4/c1-3-4-5-6-8-18(24)22-13-9-17(23)20(16-22)11-7-12-21(15-20)19(25)10-14-26-2/h3-4,17,23H,5-16H2,1-2H3/t17-,20+/m1/s1. The van der Waals surface area contributed by atoms with E-state index in [0.717, 1.165) is 32.2 Å². The number of ether oxygens (including phenoxy) is 1. The van der Waals surface area contributed by atoms with Crippen molar-refractivity contribution in [2.75, 3.05) is 39.9 Å². The van der Waals surface area contributed by atoms with E-state index in [0.29, 0.717) is 45.5 Å². The van der Waals surface area contributed by atoms with Gasteiger partial charge in [-0.2, -0.15) is 0 Å². The highest BCUT2D eigenvalue weighted by molar-refractivity contribution is 5.77. The number of aliphatic hydroxyl groups is 1. The molecular formula is C20H34N2O4. The lowest BCUT2D eigenvalue weighted by atomic mass is 9.71. The summed E-state index contributed by atoms with van der Waals surface area (Å²) in [5.74, 6) is 0.247. The minimum atomic E-state index is -0.451. The van der Waals surface area contributed by atoms with Gasteiger partial charge in [0.25, 0.3) is 0 Å². The third kappa shape index (κ3) is 5.30. The van der Waals surface area contributed by atoms with Crippen molar-refractivity contribution in [1.82, 2.24) is 9.80 Å². The second kappa shape index (κ2) is 10.1. The molecule has 0 aliphatic carbocycles. The van der Waals surface area contributed by atoms with Crippen LogP contribution in [0.25, 0.3) is 0 Å². The van der Waals surface area contributed by atoms with Crippen LogP contribution < -0.4 is 0 Å². The second-order valence-electron chi connectivity index (χ2n) is 7.61. The summed E-state index contributed by atoms with van der Waals surface area (Å²) in [4.78, 5) is 28.7. The summed E-state index contributed by atoms with van der Waals surface area (Å²) in [6, 6.07) is 0. The Morgan fingerprint density at radius 2 is 1.88 bits per heavy atom. The number of allylic oxidation sites excluding steroid dienone is 2. The molecule has 0 saturated carbocycles. The fraction of sp³-hybridized carbons (Fsp3) is 0.800. The maximum atomic E-state index is 12.6. The molecule has 0 aromatic heterocycles. The molecule has 0 unspecified atom stereocenters. The van der Waals surface area contributed by atoms with Crippen LogP contribution in [0.1, 0.15) is 51.9 Å². The van der Waals surface area contributed by atoms with Gasteiger partial charge >= 0.3 is 0 Å². The van der Waals surface area contributed by atoms with Crippen LogP contribution in [0.3, 0.4) is 0 Å². The molecular weight excluding hydrogens is 332 g/mol. The fourth-order valence-electron chi connectivity index (χ4n) is 4.18. The Bertz CT molecular complexity index is 508. The fourth-order valence-corrected chi connectivity index (χ4v) is 4.18. The quantitative estimate of drug-likeness (QED) is 0.552. The van der Waals surface area contributed by atoms with Crippen LogP contribution in [0.2, 0.25) is 0 Å². The van der Waals surface area contributed by atoms with Crippen LogP contribution in [-0.4, -0.2) is 72.7 Å². The van der Waals surface area contributed by atoms with E-state index in [1.165, 1.54) is 0 Å². The van der Waals surface area contributed by atoms with E-state index in [1.54, 1.807) is 7.11 Å². The largest absolute Gasteiger partial charge is 0.392 e. The minimum Gasteiger partial charge on any atom is -0.392 e. The molecule has 1 N–H and O–H groups in total. The molecule has 0 aromatic carbocycles. The molecule has 2 heterocycles. The van der Waals surface area contributed by atoms with E-state index in [9.17, 15) is 14.7 Å². The van der Waals surface area contributed by atoms with Gasteiger partial charge in [0.2, 0.25) is 11.8 Å². The highest BCUT2D eigenvalue weighted by Gasteiger charge is 2.47. The van der Waals surface area contributed by atoms with Gasteiger partial charge in [-0.05, 0) is 39.0 Å². The Hall–Kier alpha value is -1.40. The summed E-state index contributed by atoms with van der Waals surface area (Å²) in [7, 11) is 1.59. The van der Waals surface area contributed by atoms with E-state index < -0.39 is 6.10 Å². The number of carbonyl (C=O) groups is 2. The van der Waals surface area contributed by atoms with Crippen molar-refractivity contribution in [2.45, 2.75) is 58.0 Å². The number of piperidine rings is 2. The van der Waals surface area contributed by atoms with Crippen LogP contribution in [0, 0.1) is 5.41 Å². The maximum Gasteiger partial charge on any atom is 0.224 e. The van der Waals surface area contributed by atoms with Crippen LogP contribution in [-0.2, 0) is 14.3 Å². The molecule has 2 rings (SSSR count). The van der Waals surface area contributed by atoms with Crippen LogP contribution in [0.5, 0.6) is 0 Å². The maximum absolute atomic E-state index is 12.6. The van der Waals surface area contributed by atoms with Gasteiger partial charge in [-0.25, -0.2) is 0 Å². The van der Waals surface area contributed by atoms with Gasteiger partial charge in [0.1, 0.15) is 0 Å². The van der Waals surface area contributed by atoms with Gasteiger partial charge in [0.05, 0.1) is 19.1 Å². The van der Waals surface area contributed by atoms with Crippen molar-refractivity contribution in [2.24, 2.45) is 5.41 Å². The molecule has 2 amide bonds. The van der Waals surface area contributed by atoms with Gasteiger partial charge in [-0.3, -0.25) is 9.59 Å². The zero-order chi connectivity index (χ0) is 19.0. The lowest BCUT2D eigenvalue weighted by Crippen LogP contribution is -2.60. The number of aliphatic hydroxyl groups excluding tert-OH is 1. The third-order valence-corrected chi connectivity index (χ3v) is 5.72. The number of amides is 2. The summed E-state index contributed by atoms with van der Waals surface area (Å²) in [5.41, 5.74) is -0.377. The average Bonchev–Trinajstić information content (AvgIpc) is 2.65. The van der Waals surface area contributed by atoms with Crippen molar-refractivity contribution in [3.05, 3.63) is 12.2 Å². The highest BCUT2D eigenvalue weighted by atomic mass is 16.5. The van der Waals surface area contributed by atoms with Gasteiger partial charge in [0.15, 0.2) is 0 Å². The summed E-state index contributed by atoms with van der Waals surface area (Å²) >= 11 is 0. The second-order valence-corrected chi connectivity index (χ2v) is 7.61. The Morgan fingerprint density at radius 3 is 2.58 bits per heavy atom. The van der Waals surface area contributed by atoms with Crippen LogP contribution in [0.15, 0.2) is 12.2 Å². The normalized spacial score (nSPS) is 26.7. The Labute approximate surface area is 157 Å². The van der Waals surface area contributed by atoms with Gasteiger partial charge in [-0.1, -0.05) is 12.2 Å². The number of carbonyl (C=O) groups excluding carboxylic acids is 2. The molecule has 26 heavy (non-hydrogen) atoms. The first-order chi connectivity index (χ1) is 12.5. The van der Waals surface area contributed by atoms with Crippen LogP contribution in [0.4, 0.5) is 0 Å². The monoisotopic (exact) mass is 366 g/mol. The van der Waals surface area contributed by atoms with Crippen molar-refractivity contribution in [1.29, 1.82) is 0 Å². The first-order valence-corrected chi connectivity index (χ1v) is 9.86. The first kappa shape index (κ1) is 20.9. The number of hydrogen-bond donors (Lipinski definition) is 1. The Balaban J connectivity index is 1.97. The smallest absolute Gasteiger partial charge is 0.224 e. The number of hydrogen-bond acceptors (Lipinski definition) is 4. The lowest BCUT2D eigenvalue weighted by Gasteiger charge is -2.51. The Kier molecular flexibility index (Phi) is 8.10. The molecule has 148 valence electrons. The number of likely N-dealkylation sites (tertiary alicyclic amines) is 2. The molecule has 0 radical (unpaired) electrons. The predicted octanol–water partition coefficient (Wildman–Crippen LogP) is 1.97. The molecule has 2 saturated heterocycles. The van der Waals surface area contributed by atoms with Gasteiger partial charge in [0, 0.05) is 45.1 Å². The molecule has 6 heteroatoms. The average molecular weight is 367 g/mol. The van der Waals surface area contributed by atoms with E-state index in [2.05, 4.69) is 6.08 Å². The van der Waals surface area contributed by atoms with Gasteiger partial charge in [-0.15, -0.1) is 0 Å². The van der Waals surface area contributed by atoms with Crippen molar-refractivity contribution >= 4 is 11.8 Å².